The molecule has 1 aliphatic rings. The zero-order valence-corrected chi connectivity index (χ0v) is 15.6. The molecule has 1 atom stereocenters. The molecule has 27 heavy (non-hydrogen) atoms. The summed E-state index contributed by atoms with van der Waals surface area (Å²) in [5.74, 6) is -0.490. The molecule has 1 aliphatic heterocycles. The number of hydrogen-bond acceptors (Lipinski definition) is 4. The first-order valence-electron chi connectivity index (χ1n) is 8.64. The lowest BCUT2D eigenvalue weighted by atomic mass is 10.2. The van der Waals surface area contributed by atoms with E-state index in [1.807, 2.05) is 0 Å². The first-order valence-corrected chi connectivity index (χ1v) is 9.02. The molecular weight excluding hydrogens is 370 g/mol. The molecule has 0 bridgehead atoms. The summed E-state index contributed by atoms with van der Waals surface area (Å²) in [5.41, 5.74) is 0.327. The monoisotopic (exact) mass is 389 g/mol. The molecule has 3 rings (SSSR count). The fraction of sp³-hybridized carbons (Fsp3) is 0.316. The van der Waals surface area contributed by atoms with Crippen molar-refractivity contribution in [3.8, 4) is 0 Å². The first kappa shape index (κ1) is 19.0. The molecule has 1 saturated heterocycles. The third-order valence-electron chi connectivity index (χ3n) is 4.45. The Balaban J connectivity index is 1.53. The van der Waals surface area contributed by atoms with E-state index >= 15 is 0 Å². The Morgan fingerprint density at radius 2 is 1.70 bits per heavy atom. The Hall–Kier alpha value is -2.80. The van der Waals surface area contributed by atoms with Crippen LogP contribution in [0.2, 0.25) is 5.02 Å². The average molecular weight is 390 g/mol. The average Bonchev–Trinajstić information content (AvgIpc) is 3.22. The number of piperazine rings is 1. The van der Waals surface area contributed by atoms with Crippen LogP contribution in [0.5, 0.6) is 0 Å². The molecule has 0 saturated carbocycles. The molecule has 2 heterocycles. The minimum atomic E-state index is -0.693. The maximum atomic E-state index is 12.6. The van der Waals surface area contributed by atoms with Crippen LogP contribution in [-0.4, -0.2) is 59.7 Å². The molecule has 1 aromatic carbocycles. The van der Waals surface area contributed by atoms with Crippen LogP contribution in [0.1, 0.15) is 27.8 Å². The van der Waals surface area contributed by atoms with Gasteiger partial charge < -0.3 is 19.5 Å². The van der Waals surface area contributed by atoms with Gasteiger partial charge in [0.2, 0.25) is 5.91 Å². The van der Waals surface area contributed by atoms with Crippen molar-refractivity contribution < 1.29 is 18.8 Å². The van der Waals surface area contributed by atoms with Gasteiger partial charge in [0, 0.05) is 26.2 Å². The molecule has 0 radical (unpaired) electrons. The Labute approximate surface area is 161 Å². The maximum absolute atomic E-state index is 12.6. The molecule has 1 fully saturated rings. The van der Waals surface area contributed by atoms with Crippen molar-refractivity contribution in [2.24, 2.45) is 0 Å². The van der Waals surface area contributed by atoms with Gasteiger partial charge in [-0.2, -0.15) is 0 Å². The Kier molecular flexibility index (Phi) is 5.81. The number of carbonyl (C=O) groups is 3. The van der Waals surface area contributed by atoms with Crippen LogP contribution in [0.3, 0.4) is 0 Å². The van der Waals surface area contributed by atoms with E-state index in [1.54, 1.807) is 53.1 Å². The van der Waals surface area contributed by atoms with Gasteiger partial charge in [-0.3, -0.25) is 14.4 Å². The zero-order chi connectivity index (χ0) is 19.4. The van der Waals surface area contributed by atoms with E-state index in [9.17, 15) is 14.4 Å². The van der Waals surface area contributed by atoms with Crippen LogP contribution in [0.15, 0.2) is 47.1 Å². The summed E-state index contributed by atoms with van der Waals surface area (Å²) < 4.78 is 5.13. The third-order valence-corrected chi connectivity index (χ3v) is 4.78. The van der Waals surface area contributed by atoms with Crippen molar-refractivity contribution >= 4 is 29.3 Å². The van der Waals surface area contributed by atoms with Crippen molar-refractivity contribution in [3.63, 3.8) is 0 Å². The molecule has 1 aromatic heterocycles. The maximum Gasteiger partial charge on any atom is 0.289 e. The van der Waals surface area contributed by atoms with Crippen molar-refractivity contribution in [2.45, 2.75) is 13.0 Å². The molecular formula is C19H20ClN3O4. The lowest BCUT2D eigenvalue weighted by Gasteiger charge is -2.35. The summed E-state index contributed by atoms with van der Waals surface area (Å²) in [6.45, 7) is 3.26. The summed E-state index contributed by atoms with van der Waals surface area (Å²) in [7, 11) is 0. The number of rotatable bonds is 4. The van der Waals surface area contributed by atoms with Crippen LogP contribution >= 0.6 is 11.6 Å². The smallest absolute Gasteiger partial charge is 0.289 e. The summed E-state index contributed by atoms with van der Waals surface area (Å²) in [6.07, 6.45) is 1.45. The largest absolute Gasteiger partial charge is 0.459 e. The predicted octanol–water partition coefficient (Wildman–Crippen LogP) is 2.04. The van der Waals surface area contributed by atoms with Gasteiger partial charge in [0.15, 0.2) is 5.76 Å². The second kappa shape index (κ2) is 8.26. The van der Waals surface area contributed by atoms with Crippen LogP contribution in [-0.2, 0) is 4.79 Å². The van der Waals surface area contributed by atoms with Gasteiger partial charge in [-0.1, -0.05) is 23.7 Å². The minimum absolute atomic E-state index is 0.188. The lowest BCUT2D eigenvalue weighted by Crippen LogP contribution is -2.55. The summed E-state index contributed by atoms with van der Waals surface area (Å²) in [5, 5.41) is 3.01. The zero-order valence-electron chi connectivity index (χ0n) is 14.9. The van der Waals surface area contributed by atoms with Crippen LogP contribution < -0.4 is 5.32 Å². The summed E-state index contributed by atoms with van der Waals surface area (Å²) in [4.78, 5) is 40.5. The molecule has 2 aromatic rings. The molecule has 0 aliphatic carbocycles. The Morgan fingerprint density at radius 1 is 1.04 bits per heavy atom. The van der Waals surface area contributed by atoms with Gasteiger partial charge >= 0.3 is 0 Å². The van der Waals surface area contributed by atoms with Crippen molar-refractivity contribution in [1.82, 2.24) is 15.1 Å². The summed E-state index contributed by atoms with van der Waals surface area (Å²) >= 11 is 6.02. The fourth-order valence-corrected chi connectivity index (χ4v) is 3.16. The number of halogens is 1. The molecule has 1 unspecified atom stereocenters. The second-order valence-electron chi connectivity index (χ2n) is 6.27. The molecule has 8 heteroatoms. The van der Waals surface area contributed by atoms with Crippen molar-refractivity contribution in [1.29, 1.82) is 0 Å². The third kappa shape index (κ3) is 4.31. The highest BCUT2D eigenvalue weighted by molar-refractivity contribution is 6.33. The number of carbonyl (C=O) groups excluding carboxylic acids is 3. The minimum Gasteiger partial charge on any atom is -0.459 e. The van der Waals surface area contributed by atoms with E-state index in [-0.39, 0.29) is 17.6 Å². The van der Waals surface area contributed by atoms with Gasteiger partial charge in [0.05, 0.1) is 16.8 Å². The highest BCUT2D eigenvalue weighted by Crippen LogP contribution is 2.15. The van der Waals surface area contributed by atoms with Crippen LogP contribution in [0.4, 0.5) is 0 Å². The number of benzene rings is 1. The number of hydrogen-bond donors (Lipinski definition) is 1. The molecule has 1 N–H and O–H groups in total. The van der Waals surface area contributed by atoms with E-state index < -0.39 is 11.9 Å². The van der Waals surface area contributed by atoms with Crippen molar-refractivity contribution in [3.05, 3.63) is 59.0 Å². The Bertz CT molecular complexity index is 829. The SMILES string of the molecule is CC(NC(=O)c1ccccc1Cl)C(=O)N1CCN(C(=O)c2ccco2)CC1. The van der Waals surface area contributed by atoms with E-state index in [2.05, 4.69) is 5.32 Å². The Morgan fingerprint density at radius 3 is 2.33 bits per heavy atom. The molecule has 142 valence electrons. The number of amides is 3. The normalized spacial score (nSPS) is 15.3. The molecule has 3 amide bonds. The van der Waals surface area contributed by atoms with Crippen LogP contribution in [0.25, 0.3) is 0 Å². The summed E-state index contributed by atoms with van der Waals surface area (Å²) in [6, 6.07) is 9.26. The topological polar surface area (TPSA) is 82.9 Å². The van der Waals surface area contributed by atoms with Gasteiger partial charge in [0.25, 0.3) is 11.8 Å². The van der Waals surface area contributed by atoms with Gasteiger partial charge in [-0.15, -0.1) is 0 Å². The lowest BCUT2D eigenvalue weighted by molar-refractivity contribution is -0.134. The quantitative estimate of drug-likeness (QED) is 0.867. The highest BCUT2D eigenvalue weighted by Gasteiger charge is 2.29. The van der Waals surface area contributed by atoms with E-state index in [1.165, 1.54) is 6.26 Å². The van der Waals surface area contributed by atoms with E-state index in [0.717, 1.165) is 0 Å². The fourth-order valence-electron chi connectivity index (χ4n) is 2.94. The van der Waals surface area contributed by atoms with Gasteiger partial charge in [-0.25, -0.2) is 0 Å². The number of nitrogens with zero attached hydrogens (tertiary/aromatic N) is 2. The second-order valence-corrected chi connectivity index (χ2v) is 6.68. The molecule has 0 spiro atoms. The standard InChI is InChI=1S/C19H20ClN3O4/c1-13(21-17(24)14-5-2-3-6-15(14)20)18(25)22-8-10-23(11-9-22)19(26)16-7-4-12-27-16/h2-7,12-13H,8-11H2,1H3,(H,21,24). The van der Waals surface area contributed by atoms with Gasteiger partial charge in [-0.05, 0) is 31.2 Å². The number of nitrogens with one attached hydrogen (secondary N) is 1. The first-order chi connectivity index (χ1) is 13.0. The van der Waals surface area contributed by atoms with Crippen LogP contribution in [0, 0.1) is 0 Å². The highest BCUT2D eigenvalue weighted by atomic mass is 35.5. The molecule has 7 nitrogen and oxygen atoms in total. The van der Waals surface area contributed by atoms with Crippen molar-refractivity contribution in [2.75, 3.05) is 26.2 Å². The van der Waals surface area contributed by atoms with Gasteiger partial charge in [0.1, 0.15) is 6.04 Å². The predicted molar refractivity (Wildman–Crippen MR) is 99.6 cm³/mol. The van der Waals surface area contributed by atoms with E-state index in [0.29, 0.717) is 36.8 Å². The van der Waals surface area contributed by atoms with E-state index in [4.69, 9.17) is 16.0 Å². The number of furan rings is 1.